The first kappa shape index (κ1) is 18.9. The van der Waals surface area contributed by atoms with E-state index in [1.54, 1.807) is 6.07 Å². The van der Waals surface area contributed by atoms with Crippen LogP contribution in [0.1, 0.15) is 29.8 Å². The quantitative estimate of drug-likeness (QED) is 0.668. The lowest BCUT2D eigenvalue weighted by Crippen LogP contribution is -2.29. The van der Waals surface area contributed by atoms with Crippen molar-refractivity contribution >= 4 is 34.2 Å². The number of carbonyl (C=O) groups is 2. The summed E-state index contributed by atoms with van der Waals surface area (Å²) in [6.07, 6.45) is 3.73. The summed E-state index contributed by atoms with van der Waals surface area (Å²) in [7, 11) is 0. The first-order valence-electron chi connectivity index (χ1n) is 9.87. The molecule has 148 valence electrons. The van der Waals surface area contributed by atoms with E-state index >= 15 is 0 Å². The van der Waals surface area contributed by atoms with Gasteiger partial charge >= 0.3 is 5.97 Å². The van der Waals surface area contributed by atoms with E-state index in [1.165, 1.54) is 19.3 Å². The van der Waals surface area contributed by atoms with Crippen LogP contribution in [0.25, 0.3) is 10.9 Å². The van der Waals surface area contributed by atoms with Crippen LogP contribution in [0.4, 0.5) is 11.4 Å². The minimum atomic E-state index is -0.619. The molecule has 0 bridgehead atoms. The second-order valence-corrected chi connectivity index (χ2v) is 7.11. The number of aromatic nitrogens is 1. The van der Waals surface area contributed by atoms with Gasteiger partial charge in [0.15, 0.2) is 6.61 Å². The van der Waals surface area contributed by atoms with Gasteiger partial charge < -0.3 is 15.0 Å². The van der Waals surface area contributed by atoms with E-state index in [2.05, 4.69) is 15.2 Å². The minimum absolute atomic E-state index is 0.183. The fourth-order valence-electron chi connectivity index (χ4n) is 3.49. The number of benzene rings is 2. The molecule has 1 aliphatic heterocycles. The van der Waals surface area contributed by atoms with Gasteiger partial charge in [0.05, 0.1) is 5.52 Å². The molecule has 1 saturated heterocycles. The highest BCUT2D eigenvalue weighted by atomic mass is 16.5. The molecule has 2 heterocycles. The molecule has 0 atom stereocenters. The lowest BCUT2D eigenvalue weighted by molar-refractivity contribution is -0.119. The highest BCUT2D eigenvalue weighted by Crippen LogP contribution is 2.21. The van der Waals surface area contributed by atoms with Crippen LogP contribution in [0, 0.1) is 0 Å². The number of amides is 1. The third-order valence-corrected chi connectivity index (χ3v) is 5.01. The van der Waals surface area contributed by atoms with Gasteiger partial charge in [-0.2, -0.15) is 0 Å². The highest BCUT2D eigenvalue weighted by Gasteiger charge is 2.13. The zero-order valence-corrected chi connectivity index (χ0v) is 16.1. The van der Waals surface area contributed by atoms with Crippen molar-refractivity contribution in [2.24, 2.45) is 0 Å². The van der Waals surface area contributed by atoms with E-state index in [1.807, 2.05) is 54.6 Å². The molecule has 0 aliphatic carbocycles. The fraction of sp³-hybridized carbons (Fsp3) is 0.261. The molecule has 1 fully saturated rings. The van der Waals surface area contributed by atoms with Crippen LogP contribution in [-0.4, -0.2) is 36.6 Å². The van der Waals surface area contributed by atoms with Gasteiger partial charge in [-0.25, -0.2) is 9.78 Å². The molecular formula is C23H23N3O3. The van der Waals surface area contributed by atoms with Crippen molar-refractivity contribution in [2.75, 3.05) is 29.9 Å². The number of ether oxygens (including phenoxy) is 1. The molecule has 1 aromatic heterocycles. The van der Waals surface area contributed by atoms with Gasteiger partial charge in [-0.3, -0.25) is 4.79 Å². The van der Waals surface area contributed by atoms with Gasteiger partial charge in [-0.05, 0) is 55.7 Å². The molecule has 1 aliphatic rings. The van der Waals surface area contributed by atoms with E-state index in [0.29, 0.717) is 11.2 Å². The molecule has 1 amide bonds. The monoisotopic (exact) mass is 389 g/mol. The molecule has 0 radical (unpaired) electrons. The van der Waals surface area contributed by atoms with Crippen molar-refractivity contribution in [3.8, 4) is 0 Å². The Labute approximate surface area is 169 Å². The number of hydrogen-bond acceptors (Lipinski definition) is 5. The Balaban J connectivity index is 1.30. The first-order valence-corrected chi connectivity index (χ1v) is 9.87. The van der Waals surface area contributed by atoms with Crippen molar-refractivity contribution in [1.29, 1.82) is 0 Å². The zero-order chi connectivity index (χ0) is 20.1. The number of hydrogen-bond donors (Lipinski definition) is 1. The molecule has 4 rings (SSSR count). The first-order chi connectivity index (χ1) is 14.2. The molecule has 6 heteroatoms. The smallest absolute Gasteiger partial charge is 0.357 e. The van der Waals surface area contributed by atoms with Gasteiger partial charge in [-0.1, -0.05) is 24.3 Å². The molecule has 0 unspecified atom stereocenters. The van der Waals surface area contributed by atoms with Gasteiger partial charge in [0.1, 0.15) is 5.69 Å². The van der Waals surface area contributed by atoms with Crippen molar-refractivity contribution in [3.63, 3.8) is 0 Å². The molecule has 29 heavy (non-hydrogen) atoms. The summed E-state index contributed by atoms with van der Waals surface area (Å²) in [5.74, 6) is -1.00. The second kappa shape index (κ2) is 8.73. The van der Waals surface area contributed by atoms with Crippen LogP contribution in [0.15, 0.2) is 60.7 Å². The van der Waals surface area contributed by atoms with Crippen LogP contribution in [0.2, 0.25) is 0 Å². The maximum Gasteiger partial charge on any atom is 0.357 e. The lowest BCUT2D eigenvalue weighted by Gasteiger charge is -2.28. The number of esters is 1. The highest BCUT2D eigenvalue weighted by molar-refractivity contribution is 5.95. The summed E-state index contributed by atoms with van der Waals surface area (Å²) < 4.78 is 5.11. The normalized spacial score (nSPS) is 13.9. The Morgan fingerprint density at radius 2 is 1.69 bits per heavy atom. The van der Waals surface area contributed by atoms with E-state index in [0.717, 1.165) is 24.2 Å². The lowest BCUT2D eigenvalue weighted by atomic mass is 10.1. The van der Waals surface area contributed by atoms with Crippen LogP contribution in [0.3, 0.4) is 0 Å². The number of pyridine rings is 1. The molecule has 0 saturated carbocycles. The van der Waals surface area contributed by atoms with Gasteiger partial charge in [0.25, 0.3) is 5.91 Å². The predicted octanol–water partition coefficient (Wildman–Crippen LogP) is 4.02. The summed E-state index contributed by atoms with van der Waals surface area (Å²) in [5.41, 5.74) is 2.73. The van der Waals surface area contributed by atoms with Crippen LogP contribution in [0.5, 0.6) is 0 Å². The number of nitrogens with zero attached hydrogens (tertiary/aromatic N) is 2. The third kappa shape index (κ3) is 4.71. The minimum Gasteiger partial charge on any atom is -0.451 e. The van der Waals surface area contributed by atoms with Crippen molar-refractivity contribution in [1.82, 2.24) is 4.98 Å². The summed E-state index contributed by atoms with van der Waals surface area (Å²) in [5, 5.41) is 3.69. The zero-order valence-electron chi connectivity index (χ0n) is 16.1. The predicted molar refractivity (Wildman–Crippen MR) is 113 cm³/mol. The Morgan fingerprint density at radius 1 is 0.931 bits per heavy atom. The van der Waals surface area contributed by atoms with Gasteiger partial charge in [0, 0.05) is 29.9 Å². The van der Waals surface area contributed by atoms with Gasteiger partial charge in [-0.15, -0.1) is 0 Å². The fourth-order valence-corrected chi connectivity index (χ4v) is 3.49. The van der Waals surface area contributed by atoms with Crippen molar-refractivity contribution in [3.05, 3.63) is 66.4 Å². The third-order valence-electron chi connectivity index (χ3n) is 5.01. The van der Waals surface area contributed by atoms with Crippen LogP contribution < -0.4 is 10.2 Å². The van der Waals surface area contributed by atoms with E-state index in [-0.39, 0.29) is 18.2 Å². The van der Waals surface area contributed by atoms with E-state index in [9.17, 15) is 9.59 Å². The SMILES string of the molecule is O=C(COC(=O)c1ccc2ccccc2n1)Nc1ccc(N2CCCCC2)cc1. The Hall–Kier alpha value is -3.41. The number of fused-ring (bicyclic) bond motifs is 1. The summed E-state index contributed by atoms with van der Waals surface area (Å²) in [6, 6.07) is 18.7. The summed E-state index contributed by atoms with van der Waals surface area (Å²) in [6.45, 7) is 1.79. The molecule has 0 spiro atoms. The number of carbonyl (C=O) groups excluding carboxylic acids is 2. The Kier molecular flexibility index (Phi) is 5.70. The summed E-state index contributed by atoms with van der Waals surface area (Å²) in [4.78, 5) is 31.0. The average Bonchev–Trinajstić information content (AvgIpc) is 2.78. The van der Waals surface area contributed by atoms with Crippen LogP contribution in [-0.2, 0) is 9.53 Å². The molecule has 2 aromatic carbocycles. The van der Waals surface area contributed by atoms with Crippen molar-refractivity contribution in [2.45, 2.75) is 19.3 Å². The maximum atomic E-state index is 12.2. The number of nitrogens with one attached hydrogen (secondary N) is 1. The number of piperidine rings is 1. The molecule has 1 N–H and O–H groups in total. The maximum absolute atomic E-state index is 12.2. The molecule has 3 aromatic rings. The van der Waals surface area contributed by atoms with Gasteiger partial charge in [0.2, 0.25) is 0 Å². The van der Waals surface area contributed by atoms with E-state index < -0.39 is 5.97 Å². The Bertz CT molecular complexity index is 1010. The number of rotatable bonds is 5. The molecular weight excluding hydrogens is 366 g/mol. The number of para-hydroxylation sites is 1. The van der Waals surface area contributed by atoms with Crippen LogP contribution >= 0.6 is 0 Å². The second-order valence-electron chi connectivity index (χ2n) is 7.11. The average molecular weight is 389 g/mol. The Morgan fingerprint density at radius 3 is 2.48 bits per heavy atom. The molecule has 6 nitrogen and oxygen atoms in total. The standard InChI is InChI=1S/C23H23N3O3/c27-22(24-18-9-11-19(12-10-18)26-14-4-1-5-15-26)16-29-23(28)21-13-8-17-6-2-3-7-20(17)25-21/h2-3,6-13H,1,4-5,14-16H2,(H,24,27). The topological polar surface area (TPSA) is 71.5 Å². The largest absolute Gasteiger partial charge is 0.451 e. The number of anilines is 2. The summed E-state index contributed by atoms with van der Waals surface area (Å²) >= 11 is 0. The van der Waals surface area contributed by atoms with Crippen molar-refractivity contribution < 1.29 is 14.3 Å². The van der Waals surface area contributed by atoms with E-state index in [4.69, 9.17) is 4.74 Å².